The maximum absolute atomic E-state index is 5.89. The van der Waals surface area contributed by atoms with Crippen molar-refractivity contribution in [2.24, 2.45) is 5.41 Å². The van der Waals surface area contributed by atoms with Crippen molar-refractivity contribution >= 4 is 22.8 Å². The van der Waals surface area contributed by atoms with Crippen LogP contribution in [0.15, 0.2) is 24.4 Å². The second kappa shape index (κ2) is 9.32. The molecule has 2 heterocycles. The van der Waals surface area contributed by atoms with Crippen LogP contribution in [0.5, 0.6) is 5.75 Å². The Bertz CT molecular complexity index is 989. The molecule has 0 amide bonds. The first kappa shape index (κ1) is 21.9. The number of unbranched alkanes of at least 4 members (excludes halogenated alkanes) is 1. The highest BCUT2D eigenvalue weighted by Crippen LogP contribution is 2.28. The topological polar surface area (TPSA) is 90.9 Å². The number of aromatic nitrogens is 4. The monoisotopic (exact) mass is 410 g/mol. The zero-order chi connectivity index (χ0) is 21.7. The average Bonchev–Trinajstić information content (AvgIpc) is 3.09. The molecule has 3 rings (SSSR count). The number of hydrogen-bond donors (Lipinski definition) is 2. The van der Waals surface area contributed by atoms with Gasteiger partial charge in [-0.25, -0.2) is 4.98 Å². The van der Waals surface area contributed by atoms with Gasteiger partial charge in [0, 0.05) is 12.1 Å². The van der Waals surface area contributed by atoms with Crippen molar-refractivity contribution in [3.05, 3.63) is 35.5 Å². The summed E-state index contributed by atoms with van der Waals surface area (Å²) in [5.41, 5.74) is 10.2. The quantitative estimate of drug-likeness (QED) is 0.499. The molecule has 0 saturated carbocycles. The minimum absolute atomic E-state index is 0.252. The van der Waals surface area contributed by atoms with Crippen LogP contribution in [0.1, 0.15) is 58.1 Å². The van der Waals surface area contributed by atoms with Crippen LogP contribution in [0.3, 0.4) is 0 Å². The normalized spacial score (nSPS) is 11.8. The van der Waals surface area contributed by atoms with Crippen molar-refractivity contribution in [1.82, 2.24) is 19.7 Å². The van der Waals surface area contributed by atoms with Gasteiger partial charge < -0.3 is 15.8 Å². The first-order chi connectivity index (χ1) is 14.3. The second-order valence-electron chi connectivity index (χ2n) is 8.95. The first-order valence-corrected chi connectivity index (χ1v) is 10.7. The Morgan fingerprint density at radius 1 is 1.20 bits per heavy atom. The molecule has 0 spiro atoms. The molecule has 0 aliphatic heterocycles. The molecule has 7 nitrogen and oxygen atoms in total. The summed E-state index contributed by atoms with van der Waals surface area (Å²) in [4.78, 5) is 8.76. The lowest BCUT2D eigenvalue weighted by atomic mass is 9.88. The van der Waals surface area contributed by atoms with Crippen LogP contribution in [0.25, 0.3) is 11.0 Å². The number of aryl methyl sites for hydroxylation is 1. The lowest BCUT2D eigenvalue weighted by Gasteiger charge is -2.18. The largest absolute Gasteiger partial charge is 0.496 e. The van der Waals surface area contributed by atoms with E-state index >= 15 is 0 Å². The summed E-state index contributed by atoms with van der Waals surface area (Å²) in [6.45, 7) is 10.4. The summed E-state index contributed by atoms with van der Waals surface area (Å²) in [7, 11) is 1.72. The first-order valence-electron chi connectivity index (χ1n) is 10.7. The summed E-state index contributed by atoms with van der Waals surface area (Å²) in [5, 5.41) is 7.94. The summed E-state index contributed by atoms with van der Waals surface area (Å²) in [6.07, 6.45) is 6.06. The van der Waals surface area contributed by atoms with Gasteiger partial charge in [0.05, 0.1) is 19.9 Å². The molecule has 1 aromatic carbocycles. The van der Waals surface area contributed by atoms with Gasteiger partial charge in [-0.3, -0.25) is 4.68 Å². The van der Waals surface area contributed by atoms with Crippen LogP contribution in [0.2, 0.25) is 0 Å². The van der Waals surface area contributed by atoms with E-state index in [1.807, 2.05) is 4.68 Å². The predicted molar refractivity (Wildman–Crippen MR) is 123 cm³/mol. The Balaban J connectivity index is 1.88. The Labute approximate surface area is 179 Å². The average molecular weight is 411 g/mol. The van der Waals surface area contributed by atoms with Crippen LogP contribution >= 0.6 is 0 Å². The van der Waals surface area contributed by atoms with Gasteiger partial charge in [0.1, 0.15) is 16.8 Å². The minimum atomic E-state index is 0.252. The fraction of sp³-hybridized carbons (Fsp3) is 0.522. The van der Waals surface area contributed by atoms with E-state index < -0.39 is 0 Å². The van der Waals surface area contributed by atoms with Crippen molar-refractivity contribution < 1.29 is 4.74 Å². The number of nitrogens with two attached hydrogens (primary N) is 1. The Kier molecular flexibility index (Phi) is 6.80. The van der Waals surface area contributed by atoms with Crippen LogP contribution < -0.4 is 15.8 Å². The van der Waals surface area contributed by atoms with E-state index in [4.69, 9.17) is 10.5 Å². The van der Waals surface area contributed by atoms with Gasteiger partial charge in [0.15, 0.2) is 5.82 Å². The van der Waals surface area contributed by atoms with Crippen LogP contribution in [0.4, 0.5) is 11.8 Å². The molecule has 3 N–H and O–H groups in total. The van der Waals surface area contributed by atoms with E-state index in [0.717, 1.165) is 60.4 Å². The SMILES string of the molecule is CCCCNc1nc(N)nc2cnn(Cc3ccc(CCC(C)(C)C)cc3OC)c12. The van der Waals surface area contributed by atoms with E-state index in [2.05, 4.69) is 66.3 Å². The third-order valence-corrected chi connectivity index (χ3v) is 5.16. The van der Waals surface area contributed by atoms with Gasteiger partial charge in [-0.1, -0.05) is 46.2 Å². The number of nitrogen functional groups attached to an aromatic ring is 1. The predicted octanol–water partition coefficient (Wildman–Crippen LogP) is 4.66. The van der Waals surface area contributed by atoms with E-state index in [-0.39, 0.29) is 5.95 Å². The van der Waals surface area contributed by atoms with Gasteiger partial charge in [0.2, 0.25) is 5.95 Å². The van der Waals surface area contributed by atoms with Crippen molar-refractivity contribution in [3.8, 4) is 5.75 Å². The highest BCUT2D eigenvalue weighted by atomic mass is 16.5. The van der Waals surface area contributed by atoms with Crippen LogP contribution in [0, 0.1) is 5.41 Å². The molecule has 30 heavy (non-hydrogen) atoms. The molecule has 0 atom stereocenters. The van der Waals surface area contributed by atoms with Gasteiger partial charge in [-0.15, -0.1) is 0 Å². The highest BCUT2D eigenvalue weighted by molar-refractivity contribution is 5.86. The van der Waals surface area contributed by atoms with E-state index in [9.17, 15) is 0 Å². The van der Waals surface area contributed by atoms with Crippen molar-refractivity contribution in [2.45, 2.75) is 59.9 Å². The third-order valence-electron chi connectivity index (χ3n) is 5.16. The fourth-order valence-electron chi connectivity index (χ4n) is 3.40. The number of nitrogens with zero attached hydrogens (tertiary/aromatic N) is 4. The Morgan fingerprint density at radius 3 is 2.70 bits per heavy atom. The number of fused-ring (bicyclic) bond motifs is 1. The number of hydrogen-bond acceptors (Lipinski definition) is 6. The maximum atomic E-state index is 5.89. The van der Waals surface area contributed by atoms with Crippen LogP contribution in [-0.4, -0.2) is 33.4 Å². The van der Waals surface area contributed by atoms with Crippen molar-refractivity contribution in [3.63, 3.8) is 0 Å². The lowest BCUT2D eigenvalue weighted by Crippen LogP contribution is -2.10. The van der Waals surface area contributed by atoms with Gasteiger partial charge in [-0.05, 0) is 36.3 Å². The Morgan fingerprint density at radius 2 is 2.00 bits per heavy atom. The highest BCUT2D eigenvalue weighted by Gasteiger charge is 2.15. The number of methoxy groups -OCH3 is 1. The number of nitrogens with one attached hydrogen (secondary N) is 1. The molecule has 0 aliphatic rings. The lowest BCUT2D eigenvalue weighted by molar-refractivity contribution is 0.376. The maximum Gasteiger partial charge on any atom is 0.222 e. The second-order valence-corrected chi connectivity index (χ2v) is 8.95. The summed E-state index contributed by atoms with van der Waals surface area (Å²) in [6, 6.07) is 6.46. The standard InChI is InChI=1S/C23H34N6O/c1-6-7-12-25-21-20-18(27-22(24)28-21)14-26-29(20)15-17-9-8-16(13-19(17)30-5)10-11-23(2,3)4/h8-9,13-14H,6-7,10-12,15H2,1-5H3,(H3,24,25,27,28). The number of anilines is 2. The molecular weight excluding hydrogens is 376 g/mol. The number of ether oxygens (including phenoxy) is 1. The molecular formula is C23H34N6O. The molecule has 162 valence electrons. The van der Waals surface area contributed by atoms with Gasteiger partial charge in [0.25, 0.3) is 0 Å². The van der Waals surface area contributed by atoms with E-state index in [1.54, 1.807) is 13.3 Å². The summed E-state index contributed by atoms with van der Waals surface area (Å²) in [5.74, 6) is 1.85. The molecule has 2 aromatic heterocycles. The molecule has 0 unspecified atom stereocenters. The van der Waals surface area contributed by atoms with Crippen LogP contribution in [-0.2, 0) is 13.0 Å². The molecule has 0 radical (unpaired) electrons. The zero-order valence-corrected chi connectivity index (χ0v) is 18.8. The summed E-state index contributed by atoms with van der Waals surface area (Å²) >= 11 is 0. The molecule has 0 bridgehead atoms. The number of rotatable bonds is 9. The van der Waals surface area contributed by atoms with E-state index in [0.29, 0.717) is 12.0 Å². The number of benzene rings is 1. The van der Waals surface area contributed by atoms with Gasteiger partial charge >= 0.3 is 0 Å². The minimum Gasteiger partial charge on any atom is -0.496 e. The molecule has 0 saturated heterocycles. The molecule has 0 aliphatic carbocycles. The Hall–Kier alpha value is -2.83. The molecule has 3 aromatic rings. The van der Waals surface area contributed by atoms with E-state index in [1.165, 1.54) is 5.56 Å². The van der Waals surface area contributed by atoms with Crippen molar-refractivity contribution in [1.29, 1.82) is 0 Å². The van der Waals surface area contributed by atoms with Crippen molar-refractivity contribution in [2.75, 3.05) is 24.7 Å². The molecule has 7 heteroatoms. The smallest absolute Gasteiger partial charge is 0.222 e. The zero-order valence-electron chi connectivity index (χ0n) is 18.8. The van der Waals surface area contributed by atoms with Gasteiger partial charge in [-0.2, -0.15) is 10.1 Å². The fourth-order valence-corrected chi connectivity index (χ4v) is 3.40. The third kappa shape index (κ3) is 5.40. The molecule has 0 fully saturated rings. The summed E-state index contributed by atoms with van der Waals surface area (Å²) < 4.78 is 7.61.